The average Bonchev–Trinajstić information content (AvgIpc) is 3.27. The van der Waals surface area contributed by atoms with Crippen LogP contribution in [0.2, 0.25) is 0 Å². The number of esters is 1. The minimum atomic E-state index is -3.59. The Kier molecular flexibility index (Phi) is 6.65. The van der Waals surface area contributed by atoms with E-state index in [2.05, 4.69) is 9.71 Å². The Bertz CT molecular complexity index is 1370. The molecule has 0 spiro atoms. The number of sulfonamides is 1. The molecule has 0 saturated carbocycles. The van der Waals surface area contributed by atoms with Crippen LogP contribution in [0.4, 0.5) is 0 Å². The van der Waals surface area contributed by atoms with Crippen molar-refractivity contribution in [1.29, 1.82) is 0 Å². The number of nitrogens with zero attached hydrogens (tertiary/aromatic N) is 2. The van der Waals surface area contributed by atoms with Crippen molar-refractivity contribution in [3.05, 3.63) is 83.2 Å². The van der Waals surface area contributed by atoms with Crippen molar-refractivity contribution in [2.24, 2.45) is 4.99 Å². The molecule has 0 amide bonds. The smallest absolute Gasteiger partial charge is 0.306 e. The summed E-state index contributed by atoms with van der Waals surface area (Å²) in [6.45, 7) is 3.70. The summed E-state index contributed by atoms with van der Waals surface area (Å²) in [6, 6.07) is 18.1. The lowest BCUT2D eigenvalue weighted by Gasteiger charge is -2.09. The Balaban J connectivity index is 1.29. The summed E-state index contributed by atoms with van der Waals surface area (Å²) in [5, 5.41) is 0. The van der Waals surface area contributed by atoms with Crippen LogP contribution in [0.25, 0.3) is 5.69 Å². The number of ether oxygens (including phenoxy) is 1. The summed E-state index contributed by atoms with van der Waals surface area (Å²) in [7, 11) is -3.59. The first-order valence-electron chi connectivity index (χ1n) is 10.9. The standard InChI is InChI=1S/C25H25N3O5S/c1-17-15-21(18(2)28(17)19-9-4-3-5-10-19)22(29)16-33-24(30)13-8-14-26-25-20-11-6-7-12-23(20)34(31,32)27-25/h3-7,9-12,15H,8,13-14,16H2,1-2H3,(H,26,27). The van der Waals surface area contributed by atoms with Gasteiger partial charge in [-0.2, -0.15) is 0 Å². The normalized spacial score (nSPS) is 15.1. The molecule has 0 aliphatic carbocycles. The lowest BCUT2D eigenvalue weighted by Crippen LogP contribution is -2.22. The van der Waals surface area contributed by atoms with Crippen LogP contribution >= 0.6 is 0 Å². The van der Waals surface area contributed by atoms with E-state index < -0.39 is 16.0 Å². The van der Waals surface area contributed by atoms with Crippen LogP contribution in [-0.4, -0.2) is 43.7 Å². The summed E-state index contributed by atoms with van der Waals surface area (Å²) < 4.78 is 33.8. The first kappa shape index (κ1) is 23.4. The first-order valence-corrected chi connectivity index (χ1v) is 12.4. The van der Waals surface area contributed by atoms with Crippen LogP contribution < -0.4 is 4.72 Å². The van der Waals surface area contributed by atoms with Crippen LogP contribution in [0, 0.1) is 13.8 Å². The average molecular weight is 480 g/mol. The van der Waals surface area contributed by atoms with Crippen LogP contribution in [-0.2, 0) is 19.6 Å². The molecular formula is C25H25N3O5S. The highest BCUT2D eigenvalue weighted by molar-refractivity contribution is 7.90. The maximum absolute atomic E-state index is 12.7. The molecule has 0 unspecified atom stereocenters. The number of benzene rings is 2. The lowest BCUT2D eigenvalue weighted by atomic mass is 10.1. The molecular weight excluding hydrogens is 454 g/mol. The highest BCUT2D eigenvalue weighted by Gasteiger charge is 2.29. The highest BCUT2D eigenvalue weighted by atomic mass is 32.2. The number of aryl methyl sites for hydroxylation is 1. The molecule has 3 aromatic rings. The summed E-state index contributed by atoms with van der Waals surface area (Å²) in [4.78, 5) is 29.3. The monoisotopic (exact) mass is 479 g/mol. The van der Waals surface area contributed by atoms with E-state index >= 15 is 0 Å². The fourth-order valence-corrected chi connectivity index (χ4v) is 5.23. The van der Waals surface area contributed by atoms with Crippen LogP contribution in [0.1, 0.15) is 40.2 Å². The van der Waals surface area contributed by atoms with E-state index in [-0.39, 0.29) is 36.1 Å². The molecule has 34 heavy (non-hydrogen) atoms. The highest BCUT2D eigenvalue weighted by Crippen LogP contribution is 2.23. The zero-order chi connectivity index (χ0) is 24.3. The zero-order valence-corrected chi connectivity index (χ0v) is 19.8. The Morgan fingerprint density at radius 3 is 2.50 bits per heavy atom. The van der Waals surface area contributed by atoms with Crippen molar-refractivity contribution in [3.63, 3.8) is 0 Å². The molecule has 0 bridgehead atoms. The molecule has 0 atom stereocenters. The van der Waals surface area contributed by atoms with Crippen molar-refractivity contribution in [2.45, 2.75) is 31.6 Å². The van der Waals surface area contributed by atoms with Crippen molar-refractivity contribution in [1.82, 2.24) is 9.29 Å². The molecule has 0 saturated heterocycles. The van der Waals surface area contributed by atoms with E-state index in [9.17, 15) is 18.0 Å². The molecule has 0 radical (unpaired) electrons. The van der Waals surface area contributed by atoms with E-state index in [0.717, 1.165) is 17.1 Å². The molecule has 1 aliphatic rings. The number of amidine groups is 1. The number of ketones is 1. The van der Waals surface area contributed by atoms with Gasteiger partial charge in [-0.15, -0.1) is 0 Å². The van der Waals surface area contributed by atoms with Gasteiger partial charge in [0.1, 0.15) is 5.84 Å². The van der Waals surface area contributed by atoms with Gasteiger partial charge in [0.25, 0.3) is 10.0 Å². The summed E-state index contributed by atoms with van der Waals surface area (Å²) in [6.07, 6.45) is 0.435. The molecule has 1 aromatic heterocycles. The second-order valence-corrected chi connectivity index (χ2v) is 9.63. The molecule has 176 valence electrons. The van der Waals surface area contributed by atoms with Crippen LogP contribution in [0.15, 0.2) is 70.6 Å². The molecule has 2 heterocycles. The van der Waals surface area contributed by atoms with Gasteiger partial charge in [-0.05, 0) is 50.6 Å². The molecule has 8 nitrogen and oxygen atoms in total. The molecule has 4 rings (SSSR count). The Morgan fingerprint density at radius 1 is 1.03 bits per heavy atom. The minimum absolute atomic E-state index is 0.0709. The largest absolute Gasteiger partial charge is 0.457 e. The summed E-state index contributed by atoms with van der Waals surface area (Å²) >= 11 is 0. The van der Waals surface area contributed by atoms with E-state index in [0.29, 0.717) is 17.5 Å². The van der Waals surface area contributed by atoms with E-state index in [1.807, 2.05) is 48.7 Å². The van der Waals surface area contributed by atoms with Crippen LogP contribution in [0.3, 0.4) is 0 Å². The van der Waals surface area contributed by atoms with Crippen molar-refractivity contribution in [3.8, 4) is 5.69 Å². The fourth-order valence-electron chi connectivity index (χ4n) is 3.98. The van der Waals surface area contributed by atoms with Gasteiger partial charge in [-0.3, -0.25) is 19.3 Å². The van der Waals surface area contributed by atoms with Crippen molar-refractivity contribution >= 4 is 27.6 Å². The van der Waals surface area contributed by atoms with Gasteiger partial charge in [-0.25, -0.2) is 8.42 Å². The van der Waals surface area contributed by atoms with Gasteiger partial charge in [0.05, 0.1) is 4.90 Å². The molecule has 9 heteroatoms. The number of rotatable bonds is 8. The Hall–Kier alpha value is -3.72. The second-order valence-electron chi connectivity index (χ2n) is 7.98. The molecule has 1 aliphatic heterocycles. The maximum Gasteiger partial charge on any atom is 0.306 e. The van der Waals surface area contributed by atoms with Gasteiger partial charge in [-0.1, -0.05) is 30.3 Å². The molecule has 1 N–H and O–H groups in total. The molecule has 2 aromatic carbocycles. The second kappa shape index (κ2) is 9.64. The van der Waals surface area contributed by atoms with E-state index in [1.165, 1.54) is 6.07 Å². The van der Waals surface area contributed by atoms with Gasteiger partial charge < -0.3 is 9.30 Å². The van der Waals surface area contributed by atoms with E-state index in [1.54, 1.807) is 24.3 Å². The first-order chi connectivity index (χ1) is 16.3. The Labute approximate surface area is 198 Å². The third kappa shape index (κ3) is 4.79. The summed E-state index contributed by atoms with van der Waals surface area (Å²) in [5.74, 6) is -0.494. The number of fused-ring (bicyclic) bond motifs is 1. The van der Waals surface area contributed by atoms with Crippen molar-refractivity contribution < 1.29 is 22.7 Å². The SMILES string of the molecule is Cc1cc(C(=O)COC(=O)CCCN=C2NS(=O)(=O)c3ccccc32)c(C)n1-c1ccccc1. The number of nitrogens with one attached hydrogen (secondary N) is 1. The van der Waals surface area contributed by atoms with Gasteiger partial charge in [0, 0.05) is 41.2 Å². The molecule has 0 fully saturated rings. The summed E-state index contributed by atoms with van der Waals surface area (Å²) in [5.41, 5.74) is 3.71. The number of hydrogen-bond acceptors (Lipinski definition) is 6. The van der Waals surface area contributed by atoms with Gasteiger partial charge >= 0.3 is 5.97 Å². The number of aliphatic imine (C=N–C) groups is 1. The third-order valence-corrected chi connectivity index (χ3v) is 6.98. The van der Waals surface area contributed by atoms with E-state index in [4.69, 9.17) is 4.74 Å². The predicted octanol–water partition coefficient (Wildman–Crippen LogP) is 3.34. The number of aromatic nitrogens is 1. The number of Topliss-reactive ketones (excluding diaryl/α,β-unsaturated/α-hetero) is 1. The quantitative estimate of drug-likeness (QED) is 0.303. The predicted molar refractivity (Wildman–Crippen MR) is 128 cm³/mol. The number of para-hydroxylation sites is 1. The fraction of sp³-hybridized carbons (Fsp3) is 0.240. The number of carbonyl (C=O) groups excluding carboxylic acids is 2. The Morgan fingerprint density at radius 2 is 1.74 bits per heavy atom. The van der Waals surface area contributed by atoms with Crippen molar-refractivity contribution in [2.75, 3.05) is 13.2 Å². The zero-order valence-electron chi connectivity index (χ0n) is 18.9. The van der Waals surface area contributed by atoms with Gasteiger partial charge in [0.2, 0.25) is 5.78 Å². The third-order valence-electron chi connectivity index (χ3n) is 5.58. The lowest BCUT2D eigenvalue weighted by molar-refractivity contribution is -0.142. The van der Waals surface area contributed by atoms with Crippen LogP contribution in [0.5, 0.6) is 0 Å². The number of carbonyl (C=O) groups is 2. The topological polar surface area (TPSA) is 107 Å². The minimum Gasteiger partial charge on any atom is -0.457 e. The van der Waals surface area contributed by atoms with Gasteiger partial charge in [0.15, 0.2) is 6.61 Å². The maximum atomic E-state index is 12.7. The number of hydrogen-bond donors (Lipinski definition) is 1.